The monoisotopic (exact) mass is 1060 g/mol. The van der Waals surface area contributed by atoms with Gasteiger partial charge in [-0.3, -0.25) is 9.59 Å². The molecular weight excluding hydrogens is 988 g/mol. The van der Waals surface area contributed by atoms with Crippen LogP contribution in [-0.2, 0) is 61.7 Å². The SMILES string of the molecule is CC(=O)N[C@H]1[C@H](OC[C@H]2O[C@@H](O[C@H]3[C@H](O)[C@@H](O)[C@@H](O)O[C@@H]3CO)[C@H](O)[C@@H](O[C@@H]3O[C@H](CO)[C@@H](O[C@@H]4O[C@H](CO)[C@H](O)[C@H](O)[C@H]4O)[C@H](O[C@@H]4O[C@@H](C)[C@@H](O)[C@@H](O)[C@@H]4O)[C@H]3NC(C)=O)[C@H]2O)O[C@H](CO)[C@@H](O)[C@@H]1O. The molecule has 418 valence electrons. The predicted octanol–water partition coefficient (Wildman–Crippen LogP) is -12.8. The Labute approximate surface area is 408 Å². The number of nitrogens with one attached hydrogen (secondary N) is 2. The Kier molecular flexibility index (Phi) is 20.8. The van der Waals surface area contributed by atoms with Gasteiger partial charge in [-0.15, -0.1) is 0 Å². The van der Waals surface area contributed by atoms with Crippen molar-refractivity contribution in [2.75, 3.05) is 33.0 Å². The number of ether oxygens (including phenoxy) is 11. The van der Waals surface area contributed by atoms with Gasteiger partial charge in [0, 0.05) is 13.8 Å². The second kappa shape index (κ2) is 25.3. The van der Waals surface area contributed by atoms with Gasteiger partial charge in [0.25, 0.3) is 0 Å². The Balaban J connectivity index is 1.37. The van der Waals surface area contributed by atoms with Crippen molar-refractivity contribution in [3.05, 3.63) is 0 Å². The lowest BCUT2D eigenvalue weighted by atomic mass is 9.93. The van der Waals surface area contributed by atoms with E-state index in [4.69, 9.17) is 52.1 Å². The summed E-state index contributed by atoms with van der Waals surface area (Å²) in [6.07, 6.45) is -53.0. The second-order valence-corrected chi connectivity index (χ2v) is 18.3. The molecule has 0 aromatic carbocycles. The molecule has 6 heterocycles. The minimum Gasteiger partial charge on any atom is -0.394 e. The first-order valence-electron chi connectivity index (χ1n) is 23.0. The number of hydrogen-bond acceptors (Lipinski definition) is 30. The fourth-order valence-electron chi connectivity index (χ4n) is 9.16. The van der Waals surface area contributed by atoms with Crippen LogP contribution in [-0.4, -0.2) is 316 Å². The van der Waals surface area contributed by atoms with E-state index < -0.39 is 229 Å². The average Bonchev–Trinajstić information content (AvgIpc) is 3.34. The minimum absolute atomic E-state index is 0.734. The summed E-state index contributed by atoms with van der Waals surface area (Å²) in [5.41, 5.74) is 0. The van der Waals surface area contributed by atoms with Gasteiger partial charge >= 0.3 is 0 Å². The van der Waals surface area contributed by atoms with E-state index in [1.165, 1.54) is 6.92 Å². The Bertz CT molecular complexity index is 1730. The number of aliphatic hydroxyl groups excluding tert-OH is 17. The Morgan fingerprint density at radius 1 is 0.389 bits per heavy atom. The summed E-state index contributed by atoms with van der Waals surface area (Å²) in [6.45, 7) is -1.37. The number of aliphatic hydroxyl groups is 17. The van der Waals surface area contributed by atoms with Crippen molar-refractivity contribution in [1.29, 1.82) is 0 Å². The van der Waals surface area contributed by atoms with Gasteiger partial charge in [-0.25, -0.2) is 0 Å². The molecule has 32 nitrogen and oxygen atoms in total. The third kappa shape index (κ3) is 12.6. The Morgan fingerprint density at radius 3 is 1.42 bits per heavy atom. The fraction of sp³-hybridized carbons (Fsp3) is 0.950. The van der Waals surface area contributed by atoms with Gasteiger partial charge in [0.2, 0.25) is 11.8 Å². The first-order valence-corrected chi connectivity index (χ1v) is 23.0. The van der Waals surface area contributed by atoms with Crippen LogP contribution in [0.3, 0.4) is 0 Å². The van der Waals surface area contributed by atoms with E-state index >= 15 is 0 Å². The van der Waals surface area contributed by atoms with Gasteiger partial charge in [-0.1, -0.05) is 0 Å². The smallest absolute Gasteiger partial charge is 0.217 e. The standard InChI is InChI=1S/C40H68N2O30/c1-9-19(49)24(54)28(58)38(63-9)71-33-18(42-11(3)48)37(67-15(7-46)32(33)70-39-29(59)25(55)21(51)13(5-44)66-39)72-34-22(52)16(8-62-36-17(41-10(2)47)23(53)20(50)12(4-43)65-36)68-40(30(34)60)69-31-14(6-45)64-35(61)27(57)26(31)56/h9,12-40,43-46,49-61H,4-8H2,1-3H3,(H,41,47)(H,42,48)/t9-,12+,13+,14+,15+,16+,17+,18+,19+,20+,21-,22-,23+,24+,25-,26+,27+,28-,29+,30+,31+,32+,33+,34-,35-,36+,37-,38-,39-,40-/m0/s1. The lowest BCUT2D eigenvalue weighted by Crippen LogP contribution is -2.71. The molecule has 6 rings (SSSR count). The zero-order chi connectivity index (χ0) is 53.2. The van der Waals surface area contributed by atoms with Gasteiger partial charge in [0.05, 0.1) is 39.1 Å². The molecule has 0 aliphatic carbocycles. The van der Waals surface area contributed by atoms with E-state index in [2.05, 4.69) is 10.6 Å². The summed E-state index contributed by atoms with van der Waals surface area (Å²) < 4.78 is 64.0. The van der Waals surface area contributed by atoms with Crippen LogP contribution in [0.2, 0.25) is 0 Å². The zero-order valence-electron chi connectivity index (χ0n) is 38.8. The maximum Gasteiger partial charge on any atom is 0.217 e. The number of rotatable bonds is 17. The molecule has 32 heteroatoms. The van der Waals surface area contributed by atoms with Crippen molar-refractivity contribution in [1.82, 2.24) is 10.6 Å². The first-order chi connectivity index (χ1) is 34.0. The van der Waals surface area contributed by atoms with Gasteiger partial charge in [-0.2, -0.15) is 0 Å². The molecule has 30 atom stereocenters. The van der Waals surface area contributed by atoms with Crippen LogP contribution in [0, 0.1) is 0 Å². The molecule has 6 aliphatic heterocycles. The number of amides is 2. The Morgan fingerprint density at radius 2 is 0.833 bits per heavy atom. The summed E-state index contributed by atoms with van der Waals surface area (Å²) in [4.78, 5) is 25.2. The zero-order valence-corrected chi connectivity index (χ0v) is 38.8. The minimum atomic E-state index is -2.28. The highest BCUT2D eigenvalue weighted by atomic mass is 16.8. The molecule has 0 unspecified atom stereocenters. The summed E-state index contributed by atoms with van der Waals surface area (Å²) in [6, 6.07) is -3.38. The van der Waals surface area contributed by atoms with E-state index in [1.54, 1.807) is 0 Å². The van der Waals surface area contributed by atoms with Gasteiger partial charge < -0.3 is 150 Å². The molecule has 0 aromatic rings. The molecule has 0 aromatic heterocycles. The molecule has 6 saturated heterocycles. The van der Waals surface area contributed by atoms with E-state index in [9.17, 15) is 96.4 Å². The van der Waals surface area contributed by atoms with Crippen molar-refractivity contribution in [2.24, 2.45) is 0 Å². The maximum atomic E-state index is 13.1. The van der Waals surface area contributed by atoms with Gasteiger partial charge in [-0.05, 0) is 6.92 Å². The molecule has 19 N–H and O–H groups in total. The van der Waals surface area contributed by atoms with E-state index in [0.717, 1.165) is 13.8 Å². The van der Waals surface area contributed by atoms with Crippen LogP contribution in [0.25, 0.3) is 0 Å². The lowest BCUT2D eigenvalue weighted by molar-refractivity contribution is -0.392. The maximum absolute atomic E-state index is 13.1. The lowest BCUT2D eigenvalue weighted by Gasteiger charge is -2.52. The topological polar surface area (TPSA) is 504 Å². The summed E-state index contributed by atoms with van der Waals surface area (Å²) in [7, 11) is 0. The van der Waals surface area contributed by atoms with Crippen molar-refractivity contribution in [3.63, 3.8) is 0 Å². The quantitative estimate of drug-likeness (QED) is 0.0643. The highest BCUT2D eigenvalue weighted by molar-refractivity contribution is 5.73. The molecule has 72 heavy (non-hydrogen) atoms. The molecule has 0 spiro atoms. The van der Waals surface area contributed by atoms with E-state index in [1.807, 2.05) is 0 Å². The van der Waals surface area contributed by atoms with Crippen LogP contribution in [0.1, 0.15) is 20.8 Å². The second-order valence-electron chi connectivity index (χ2n) is 18.3. The van der Waals surface area contributed by atoms with Crippen LogP contribution < -0.4 is 10.6 Å². The van der Waals surface area contributed by atoms with Crippen molar-refractivity contribution in [3.8, 4) is 0 Å². The molecule has 6 fully saturated rings. The fourth-order valence-corrected chi connectivity index (χ4v) is 9.16. The largest absolute Gasteiger partial charge is 0.394 e. The third-order valence-corrected chi connectivity index (χ3v) is 13.2. The first kappa shape index (κ1) is 59.1. The highest BCUT2D eigenvalue weighted by Gasteiger charge is 2.58. The predicted molar refractivity (Wildman–Crippen MR) is 221 cm³/mol. The van der Waals surface area contributed by atoms with Crippen LogP contribution in [0.15, 0.2) is 0 Å². The normalized spacial score (nSPS) is 50.3. The average molecular weight is 1060 g/mol. The number of carbonyl (C=O) groups is 2. The molecule has 0 bridgehead atoms. The van der Waals surface area contributed by atoms with Gasteiger partial charge in [0.1, 0.15) is 140 Å². The number of carbonyl (C=O) groups excluding carboxylic acids is 2. The molecule has 2 amide bonds. The summed E-state index contributed by atoms with van der Waals surface area (Å²) in [5, 5.41) is 186. The van der Waals surface area contributed by atoms with Gasteiger partial charge in [0.15, 0.2) is 37.7 Å². The van der Waals surface area contributed by atoms with E-state index in [-0.39, 0.29) is 0 Å². The third-order valence-electron chi connectivity index (χ3n) is 13.2. The van der Waals surface area contributed by atoms with E-state index in [0.29, 0.717) is 0 Å². The van der Waals surface area contributed by atoms with Crippen LogP contribution in [0.5, 0.6) is 0 Å². The van der Waals surface area contributed by atoms with Crippen LogP contribution in [0.4, 0.5) is 0 Å². The Hall–Kier alpha value is -2.18. The molecule has 6 aliphatic rings. The van der Waals surface area contributed by atoms with Crippen molar-refractivity contribution in [2.45, 2.75) is 205 Å². The highest BCUT2D eigenvalue weighted by Crippen LogP contribution is 2.37. The molecule has 0 radical (unpaired) electrons. The van der Waals surface area contributed by atoms with Crippen molar-refractivity contribution < 1.29 is 149 Å². The molecular formula is C40H68N2O30. The summed E-state index contributed by atoms with van der Waals surface area (Å²) in [5.74, 6) is -1.63. The number of hydrogen-bond donors (Lipinski definition) is 19. The van der Waals surface area contributed by atoms with Crippen LogP contribution >= 0.6 is 0 Å². The van der Waals surface area contributed by atoms with Crippen molar-refractivity contribution >= 4 is 11.8 Å². The molecule has 0 saturated carbocycles. The summed E-state index contributed by atoms with van der Waals surface area (Å²) >= 11 is 0.